The number of rotatable bonds is 50. The molecule has 0 aromatic heterocycles. The van der Waals surface area contributed by atoms with Crippen LogP contribution in [0.15, 0.2) is 72.9 Å². The van der Waals surface area contributed by atoms with Crippen molar-refractivity contribution in [1.82, 2.24) is 5.32 Å². The summed E-state index contributed by atoms with van der Waals surface area (Å²) < 4.78 is 22.9. The summed E-state index contributed by atoms with van der Waals surface area (Å²) >= 11 is 0. The highest BCUT2D eigenvalue weighted by molar-refractivity contribution is 5.76. The summed E-state index contributed by atoms with van der Waals surface area (Å²) in [6.07, 6.45) is 48.9. The summed E-state index contributed by atoms with van der Waals surface area (Å²) in [6, 6.07) is -0.838. The van der Waals surface area contributed by atoms with Gasteiger partial charge in [0, 0.05) is 6.42 Å². The van der Waals surface area contributed by atoms with Gasteiger partial charge in [-0.15, -0.1) is 0 Å². The first-order chi connectivity index (χ1) is 38.6. The second kappa shape index (κ2) is 50.0. The smallest absolute Gasteiger partial charge is 0.220 e. The first-order valence-corrected chi connectivity index (χ1v) is 31.7. The highest BCUT2D eigenvalue weighted by Crippen LogP contribution is 2.30. The summed E-state index contributed by atoms with van der Waals surface area (Å²) in [6.45, 7) is 2.75. The Morgan fingerprint density at radius 2 is 0.873 bits per heavy atom. The van der Waals surface area contributed by atoms with E-state index >= 15 is 0 Å². The summed E-state index contributed by atoms with van der Waals surface area (Å²) in [5.74, 6) is -0.216. The average Bonchev–Trinajstić information content (AvgIpc) is 3.46. The zero-order valence-electron chi connectivity index (χ0n) is 49.3. The lowest BCUT2D eigenvalue weighted by atomic mass is 9.97. The van der Waals surface area contributed by atoms with Gasteiger partial charge in [-0.25, -0.2) is 0 Å². The molecule has 0 aliphatic carbocycles. The van der Waals surface area contributed by atoms with E-state index in [1.165, 1.54) is 116 Å². The van der Waals surface area contributed by atoms with Crippen molar-refractivity contribution in [1.29, 1.82) is 0 Å². The van der Waals surface area contributed by atoms with Crippen molar-refractivity contribution in [2.45, 2.75) is 312 Å². The van der Waals surface area contributed by atoms with E-state index in [2.05, 4.69) is 92.1 Å². The van der Waals surface area contributed by atoms with Gasteiger partial charge in [-0.05, 0) is 64.2 Å². The molecule has 0 saturated carbocycles. The van der Waals surface area contributed by atoms with E-state index in [0.29, 0.717) is 19.3 Å². The molecule has 2 saturated heterocycles. The normalized spacial score (nSPS) is 24.9. The fourth-order valence-corrected chi connectivity index (χ4v) is 10.1. The molecule has 1 amide bonds. The average molecular weight is 1120 g/mol. The van der Waals surface area contributed by atoms with Crippen molar-refractivity contribution in [2.24, 2.45) is 0 Å². The minimum absolute atomic E-state index is 0.216. The lowest BCUT2D eigenvalue weighted by Gasteiger charge is -2.46. The minimum atomic E-state index is -1.79. The van der Waals surface area contributed by atoms with Gasteiger partial charge in [-0.3, -0.25) is 4.79 Å². The number of ether oxygens (including phenoxy) is 4. The number of aliphatic hydroxyl groups is 8. The first-order valence-electron chi connectivity index (χ1n) is 31.7. The van der Waals surface area contributed by atoms with Gasteiger partial charge in [0.25, 0.3) is 0 Å². The maximum Gasteiger partial charge on any atom is 0.220 e. The summed E-state index contributed by atoms with van der Waals surface area (Å²) in [5, 5.41) is 87.4. The van der Waals surface area contributed by atoms with Crippen LogP contribution in [-0.2, 0) is 23.7 Å². The van der Waals surface area contributed by atoms with Crippen LogP contribution in [0.5, 0.6) is 0 Å². The Labute approximate surface area is 478 Å². The van der Waals surface area contributed by atoms with Gasteiger partial charge in [-0.2, -0.15) is 0 Å². The van der Waals surface area contributed by atoms with E-state index in [-0.39, 0.29) is 12.5 Å². The number of nitrogens with one attached hydrogen (secondary N) is 1. The summed E-state index contributed by atoms with van der Waals surface area (Å²) in [4.78, 5) is 13.3. The van der Waals surface area contributed by atoms with Crippen molar-refractivity contribution >= 4 is 5.91 Å². The molecule has 0 radical (unpaired) electrons. The Kier molecular flexibility index (Phi) is 45.9. The van der Waals surface area contributed by atoms with Crippen molar-refractivity contribution in [2.75, 3.05) is 19.8 Å². The van der Waals surface area contributed by atoms with Crippen LogP contribution < -0.4 is 5.32 Å². The largest absolute Gasteiger partial charge is 0.394 e. The van der Waals surface area contributed by atoms with Gasteiger partial charge in [-0.1, -0.05) is 241 Å². The number of hydrogen-bond donors (Lipinski definition) is 9. The van der Waals surface area contributed by atoms with Gasteiger partial charge >= 0.3 is 0 Å². The quantitative estimate of drug-likeness (QED) is 0.0204. The van der Waals surface area contributed by atoms with E-state index in [1.807, 2.05) is 0 Å². The number of hydrogen-bond acceptors (Lipinski definition) is 13. The number of allylic oxidation sites excluding steroid dienone is 12. The molecule has 12 atom stereocenters. The van der Waals surface area contributed by atoms with Crippen LogP contribution in [0.2, 0.25) is 0 Å². The van der Waals surface area contributed by atoms with Crippen LogP contribution in [0.25, 0.3) is 0 Å². The number of amides is 1. The molecule has 14 nitrogen and oxygen atoms in total. The molecule has 14 heteroatoms. The molecule has 2 aliphatic heterocycles. The van der Waals surface area contributed by atoms with Crippen molar-refractivity contribution in [3.05, 3.63) is 72.9 Å². The summed E-state index contributed by atoms with van der Waals surface area (Å²) in [5.41, 5.74) is 0. The zero-order valence-corrected chi connectivity index (χ0v) is 49.3. The molecule has 2 rings (SSSR count). The van der Waals surface area contributed by atoms with Crippen molar-refractivity contribution in [3.8, 4) is 0 Å². The van der Waals surface area contributed by atoms with Crippen molar-refractivity contribution in [3.63, 3.8) is 0 Å². The van der Waals surface area contributed by atoms with Crippen LogP contribution in [0.4, 0.5) is 0 Å². The van der Waals surface area contributed by atoms with Gasteiger partial charge in [0.05, 0.1) is 32.0 Å². The standard InChI is InChI=1S/C65H115NO13/c1-3-5-7-9-11-13-15-17-19-21-23-24-25-26-27-28-29-30-31-33-35-37-39-41-43-45-47-49-57(70)66-53(54(69)48-46-44-42-40-38-36-34-32-22-20-18-16-14-12-10-8-6-4-2)52-76-64-62(75)60(73)63(56(51-68)78-64)79-65-61(74)59(72)58(71)55(50-67)77-65/h5,7,11,13,17,19,23-24,26-27,29-30,53-56,58-65,67-69,71-75H,3-4,6,8-10,12,14-16,18,20-22,25,28,31-52H2,1-2H3,(H,66,70)/b7-5-,13-11-,19-17-,24-23-,27-26-,30-29-. The maximum absolute atomic E-state index is 13.3. The third kappa shape index (κ3) is 35.2. The third-order valence-corrected chi connectivity index (χ3v) is 15.2. The molecule has 79 heavy (non-hydrogen) atoms. The summed E-state index contributed by atoms with van der Waals surface area (Å²) in [7, 11) is 0. The molecular weight excluding hydrogens is 1000 g/mol. The van der Waals surface area contributed by atoms with Crippen LogP contribution >= 0.6 is 0 Å². The second-order valence-corrected chi connectivity index (χ2v) is 22.2. The van der Waals surface area contributed by atoms with Crippen molar-refractivity contribution < 1.29 is 64.6 Å². The molecule has 458 valence electrons. The van der Waals surface area contributed by atoms with Gasteiger partial charge < -0.3 is 65.1 Å². The molecule has 0 aromatic rings. The molecule has 0 spiro atoms. The Morgan fingerprint density at radius 3 is 1.34 bits per heavy atom. The van der Waals surface area contributed by atoms with E-state index in [9.17, 15) is 45.6 Å². The third-order valence-electron chi connectivity index (χ3n) is 15.2. The fourth-order valence-electron chi connectivity index (χ4n) is 10.1. The van der Waals surface area contributed by atoms with E-state index in [0.717, 1.165) is 89.9 Å². The van der Waals surface area contributed by atoms with Crippen LogP contribution in [0.1, 0.15) is 239 Å². The van der Waals surface area contributed by atoms with Gasteiger partial charge in [0.2, 0.25) is 5.91 Å². The molecule has 12 unspecified atom stereocenters. The Morgan fingerprint density at radius 1 is 0.468 bits per heavy atom. The first kappa shape index (κ1) is 72.5. The van der Waals surface area contributed by atoms with E-state index in [1.54, 1.807) is 0 Å². The molecular formula is C65H115NO13. The number of aliphatic hydroxyl groups excluding tert-OH is 8. The Bertz CT molecular complexity index is 1600. The molecule has 2 aliphatic rings. The lowest BCUT2D eigenvalue weighted by Crippen LogP contribution is -2.65. The molecule has 0 aromatic carbocycles. The fraction of sp³-hybridized carbons (Fsp3) is 0.800. The van der Waals surface area contributed by atoms with E-state index in [4.69, 9.17) is 18.9 Å². The van der Waals surface area contributed by atoms with Gasteiger partial charge in [0.1, 0.15) is 48.8 Å². The predicted molar refractivity (Wildman–Crippen MR) is 318 cm³/mol. The minimum Gasteiger partial charge on any atom is -0.394 e. The number of carbonyl (C=O) groups excluding carboxylic acids is 1. The molecule has 9 N–H and O–H groups in total. The highest BCUT2D eigenvalue weighted by Gasteiger charge is 2.51. The molecule has 0 bridgehead atoms. The van der Waals surface area contributed by atoms with Crippen LogP contribution in [-0.4, -0.2) is 140 Å². The number of unbranched alkanes of at least 4 members (excludes halogenated alkanes) is 25. The Hall–Kier alpha value is -2.57. The molecule has 2 fully saturated rings. The number of carbonyl (C=O) groups is 1. The maximum atomic E-state index is 13.3. The van der Waals surface area contributed by atoms with Crippen LogP contribution in [0, 0.1) is 0 Å². The predicted octanol–water partition coefficient (Wildman–Crippen LogP) is 11.5. The second-order valence-electron chi connectivity index (χ2n) is 22.2. The Balaban J connectivity index is 1.72. The molecule has 2 heterocycles. The zero-order chi connectivity index (χ0) is 57.4. The van der Waals surface area contributed by atoms with E-state index < -0.39 is 86.8 Å². The van der Waals surface area contributed by atoms with Gasteiger partial charge in [0.15, 0.2) is 12.6 Å². The monoisotopic (exact) mass is 1120 g/mol. The SMILES string of the molecule is CC/C=C\C/C=C\C/C=C\C/C=C\C/C=C\C/C=C\CCCCCCCCCCC(=O)NC(COC1OC(CO)C(OC2OC(CO)C(O)C(O)C2O)C(O)C1O)C(O)CCCCCCCCCCCCCCCCCCCC. The lowest BCUT2D eigenvalue weighted by molar-refractivity contribution is -0.359. The topological polar surface area (TPSA) is 228 Å². The van der Waals surface area contributed by atoms with Crippen LogP contribution in [0.3, 0.4) is 0 Å². The highest BCUT2D eigenvalue weighted by atomic mass is 16.7.